The fourth-order valence-corrected chi connectivity index (χ4v) is 1.83. The van der Waals surface area contributed by atoms with Crippen molar-refractivity contribution in [2.24, 2.45) is 0 Å². The van der Waals surface area contributed by atoms with Gasteiger partial charge in [-0.3, -0.25) is 4.57 Å². The lowest BCUT2D eigenvalue weighted by molar-refractivity contribution is 0.0671. The highest BCUT2D eigenvalue weighted by atomic mass is 31.1. The Bertz CT molecular complexity index is 549. The van der Waals surface area contributed by atoms with Crippen molar-refractivity contribution < 1.29 is 13.7 Å². The van der Waals surface area contributed by atoms with Crippen LogP contribution in [0.5, 0.6) is 0 Å². The van der Waals surface area contributed by atoms with Crippen molar-refractivity contribution in [2.75, 3.05) is 18.8 Å². The fourth-order valence-electron chi connectivity index (χ4n) is 1.56. The topological polar surface area (TPSA) is 95.4 Å². The van der Waals surface area contributed by atoms with Gasteiger partial charge in [-0.05, 0) is 0 Å². The number of nitrogens with two attached hydrogens (primary N) is 1. The van der Waals surface area contributed by atoms with E-state index < -0.39 is 12.8 Å². The summed E-state index contributed by atoms with van der Waals surface area (Å²) < 4.78 is 29.5. The van der Waals surface area contributed by atoms with E-state index in [0.717, 1.165) is 0 Å². The van der Waals surface area contributed by atoms with Crippen molar-refractivity contribution in [2.45, 2.75) is 12.5 Å². The molecule has 0 aliphatic rings. The Labute approximate surface area is 103 Å². The summed E-state index contributed by atoms with van der Waals surface area (Å²) in [6.07, 6.45) is 2.44. The number of rotatable bonds is 6. The minimum absolute atomic E-state index is 0.0368. The molecule has 0 radical (unpaired) electrons. The number of halogens is 1. The molecule has 9 heteroatoms. The molecule has 96 valence electrons. The largest absolute Gasteiger partial charge is 0.368 e. The van der Waals surface area contributed by atoms with Gasteiger partial charge in [0.25, 0.3) is 0 Å². The molecule has 0 aromatic carbocycles. The number of hydrogen-bond acceptors (Lipinski definition) is 6. The van der Waals surface area contributed by atoms with Crippen LogP contribution in [0, 0.1) is 0 Å². The summed E-state index contributed by atoms with van der Waals surface area (Å²) >= 11 is 0. The molecule has 0 amide bonds. The normalized spacial score (nSPS) is 13.2. The van der Waals surface area contributed by atoms with E-state index in [9.17, 15) is 8.96 Å². The number of aromatic nitrogens is 4. The number of hydrogen-bond donors (Lipinski definition) is 1. The van der Waals surface area contributed by atoms with E-state index >= 15 is 0 Å². The zero-order valence-electron chi connectivity index (χ0n) is 9.36. The zero-order chi connectivity index (χ0) is 13.0. The number of alkyl halides is 1. The predicted octanol–water partition coefficient (Wildman–Crippen LogP) is 0.853. The van der Waals surface area contributed by atoms with Crippen molar-refractivity contribution in [3.05, 3.63) is 18.1 Å². The third kappa shape index (κ3) is 2.60. The van der Waals surface area contributed by atoms with E-state index in [1.807, 2.05) is 0 Å². The van der Waals surface area contributed by atoms with Crippen molar-refractivity contribution in [1.29, 1.82) is 0 Å². The van der Waals surface area contributed by atoms with E-state index in [0.29, 0.717) is 11.2 Å². The van der Waals surface area contributed by atoms with Gasteiger partial charge in [-0.15, -0.1) is 0 Å². The first-order valence-electron chi connectivity index (χ1n) is 5.16. The SMILES string of the molecule is Nc1ncnc2c(CC(CF)OCP=O)cnn12. The van der Waals surface area contributed by atoms with Gasteiger partial charge < -0.3 is 10.5 Å². The molecule has 2 heterocycles. The molecule has 0 aliphatic heterocycles. The van der Waals surface area contributed by atoms with Crippen LogP contribution in [0.3, 0.4) is 0 Å². The Morgan fingerprint density at radius 2 is 2.39 bits per heavy atom. The summed E-state index contributed by atoms with van der Waals surface area (Å²) in [5.41, 5.74) is 6.84. The molecule has 2 rings (SSSR count). The number of nitrogens with zero attached hydrogens (tertiary/aromatic N) is 4. The predicted molar refractivity (Wildman–Crippen MR) is 62.2 cm³/mol. The Kier molecular flexibility index (Phi) is 4.11. The third-order valence-electron chi connectivity index (χ3n) is 2.39. The lowest BCUT2D eigenvalue weighted by atomic mass is 10.1. The highest BCUT2D eigenvalue weighted by Gasteiger charge is 2.15. The van der Waals surface area contributed by atoms with E-state index in [1.54, 1.807) is 6.20 Å². The maximum atomic E-state index is 12.7. The van der Waals surface area contributed by atoms with Gasteiger partial charge in [0, 0.05) is 12.0 Å². The van der Waals surface area contributed by atoms with Crippen molar-refractivity contribution in [1.82, 2.24) is 19.6 Å². The first-order valence-corrected chi connectivity index (χ1v) is 6.15. The molecule has 18 heavy (non-hydrogen) atoms. The molecule has 0 fully saturated rings. The maximum absolute atomic E-state index is 12.7. The van der Waals surface area contributed by atoms with Gasteiger partial charge in [-0.25, -0.2) is 14.4 Å². The minimum Gasteiger partial charge on any atom is -0.368 e. The fraction of sp³-hybridized carbons (Fsp3) is 0.444. The van der Waals surface area contributed by atoms with Crippen LogP contribution in [0.15, 0.2) is 12.5 Å². The molecular formula is C9H11FN5O2P. The summed E-state index contributed by atoms with van der Waals surface area (Å²) in [6.45, 7) is -0.673. The summed E-state index contributed by atoms with van der Waals surface area (Å²) in [4.78, 5) is 7.83. The first-order chi connectivity index (χ1) is 8.76. The summed E-state index contributed by atoms with van der Waals surface area (Å²) in [7, 11) is -0.173. The zero-order valence-corrected chi connectivity index (χ0v) is 10.3. The summed E-state index contributed by atoms with van der Waals surface area (Å²) in [5, 5.41) is 4.01. The molecule has 1 unspecified atom stereocenters. The molecule has 0 spiro atoms. The number of anilines is 1. The number of fused-ring (bicyclic) bond motifs is 1. The van der Waals surface area contributed by atoms with Gasteiger partial charge in [0.15, 0.2) is 14.1 Å². The average molecular weight is 271 g/mol. The van der Waals surface area contributed by atoms with E-state index in [2.05, 4.69) is 15.1 Å². The van der Waals surface area contributed by atoms with Crippen LogP contribution in [0.4, 0.5) is 10.3 Å². The molecular weight excluding hydrogens is 260 g/mol. The lowest BCUT2D eigenvalue weighted by Gasteiger charge is -2.10. The standard InChI is InChI=1S/C9H11FN5O2P/c10-2-7(17-5-18-16)1-6-3-14-15-8(6)12-4-13-9(15)11/h3-4,7H,1-2,5H2,(H2,11,12,13). The van der Waals surface area contributed by atoms with Crippen molar-refractivity contribution in [3.63, 3.8) is 0 Å². The van der Waals surface area contributed by atoms with Crippen LogP contribution in [0.1, 0.15) is 5.56 Å². The monoisotopic (exact) mass is 271 g/mol. The Hall–Kier alpha value is -1.66. The van der Waals surface area contributed by atoms with E-state index in [-0.39, 0.29) is 27.2 Å². The van der Waals surface area contributed by atoms with Crippen LogP contribution < -0.4 is 5.73 Å². The first kappa shape index (κ1) is 12.8. The molecule has 7 nitrogen and oxygen atoms in total. The molecule has 0 bridgehead atoms. The van der Waals surface area contributed by atoms with Gasteiger partial charge in [-0.2, -0.15) is 9.61 Å². The van der Waals surface area contributed by atoms with Crippen LogP contribution in [-0.4, -0.2) is 38.7 Å². The van der Waals surface area contributed by atoms with Crippen LogP contribution in [0.25, 0.3) is 5.65 Å². The lowest BCUT2D eigenvalue weighted by Crippen LogP contribution is -2.18. The Balaban J connectivity index is 2.20. The second-order valence-corrected chi connectivity index (χ2v) is 4.06. The van der Waals surface area contributed by atoms with Crippen molar-refractivity contribution >= 4 is 20.1 Å². The minimum atomic E-state index is -0.673. The van der Waals surface area contributed by atoms with Crippen LogP contribution in [0.2, 0.25) is 0 Å². The van der Waals surface area contributed by atoms with E-state index in [4.69, 9.17) is 10.5 Å². The van der Waals surface area contributed by atoms with E-state index in [1.165, 1.54) is 10.8 Å². The number of nitrogen functional groups attached to an aromatic ring is 1. The molecule has 2 aromatic rings. The van der Waals surface area contributed by atoms with Gasteiger partial charge in [-0.1, -0.05) is 0 Å². The molecule has 2 aromatic heterocycles. The maximum Gasteiger partial charge on any atom is 0.224 e. The smallest absolute Gasteiger partial charge is 0.224 e. The summed E-state index contributed by atoms with van der Waals surface area (Å²) in [6, 6.07) is 0. The van der Waals surface area contributed by atoms with Gasteiger partial charge in [0.2, 0.25) is 5.95 Å². The van der Waals surface area contributed by atoms with Crippen LogP contribution in [-0.2, 0) is 15.7 Å². The Morgan fingerprint density at radius 3 is 3.11 bits per heavy atom. The van der Waals surface area contributed by atoms with Gasteiger partial charge >= 0.3 is 0 Å². The number of ether oxygens (including phenoxy) is 1. The molecule has 0 saturated heterocycles. The molecule has 2 N–H and O–H groups in total. The van der Waals surface area contributed by atoms with Crippen molar-refractivity contribution in [3.8, 4) is 0 Å². The quantitative estimate of drug-likeness (QED) is 0.782. The average Bonchev–Trinajstić information content (AvgIpc) is 2.79. The molecule has 1 atom stereocenters. The third-order valence-corrected chi connectivity index (χ3v) is 2.64. The Morgan fingerprint density at radius 1 is 1.56 bits per heavy atom. The highest BCUT2D eigenvalue weighted by Crippen LogP contribution is 2.14. The second kappa shape index (κ2) is 5.79. The molecule has 0 saturated carbocycles. The van der Waals surface area contributed by atoms with Crippen LogP contribution >= 0.6 is 8.46 Å². The highest BCUT2D eigenvalue weighted by molar-refractivity contribution is 7.23. The second-order valence-electron chi connectivity index (χ2n) is 3.54. The molecule has 0 aliphatic carbocycles. The van der Waals surface area contributed by atoms with Gasteiger partial charge in [0.05, 0.1) is 12.3 Å². The van der Waals surface area contributed by atoms with Gasteiger partial charge in [0.1, 0.15) is 19.3 Å². The summed E-state index contributed by atoms with van der Waals surface area (Å²) in [5.74, 6) is 0.210.